The standard InChI is InChI=1S/C16H26N2/c1-3-5-12-18(13-10-11-13)16-9-7-6-8-14(16)15(17)4-2/h6-9,13,15H,3-5,10-12,17H2,1-2H3. The highest BCUT2D eigenvalue weighted by Crippen LogP contribution is 2.35. The number of nitrogens with zero attached hydrogens (tertiary/aromatic N) is 1. The molecule has 1 fully saturated rings. The van der Waals surface area contributed by atoms with E-state index >= 15 is 0 Å². The van der Waals surface area contributed by atoms with Crippen molar-refractivity contribution in [2.75, 3.05) is 11.4 Å². The molecule has 1 saturated carbocycles. The largest absolute Gasteiger partial charge is 0.368 e. The molecule has 100 valence electrons. The number of rotatable bonds is 7. The molecule has 1 aliphatic carbocycles. The van der Waals surface area contributed by atoms with Crippen LogP contribution in [0.3, 0.4) is 0 Å². The van der Waals surface area contributed by atoms with E-state index in [0.29, 0.717) is 0 Å². The SMILES string of the molecule is CCCCN(c1ccccc1C(N)CC)C1CC1. The molecule has 0 aromatic heterocycles. The normalized spacial score (nSPS) is 16.6. The van der Waals surface area contributed by atoms with Gasteiger partial charge in [0.2, 0.25) is 0 Å². The van der Waals surface area contributed by atoms with Crippen LogP contribution < -0.4 is 10.6 Å². The number of unbranched alkanes of at least 4 members (excludes halogenated alkanes) is 1. The highest BCUT2D eigenvalue weighted by atomic mass is 15.2. The smallest absolute Gasteiger partial charge is 0.0417 e. The number of hydrogen-bond donors (Lipinski definition) is 1. The lowest BCUT2D eigenvalue weighted by Crippen LogP contribution is -2.29. The Labute approximate surface area is 111 Å². The van der Waals surface area contributed by atoms with Gasteiger partial charge in [0.25, 0.3) is 0 Å². The molecule has 18 heavy (non-hydrogen) atoms. The monoisotopic (exact) mass is 246 g/mol. The lowest BCUT2D eigenvalue weighted by atomic mass is 10.0. The molecule has 0 aliphatic heterocycles. The summed E-state index contributed by atoms with van der Waals surface area (Å²) in [4.78, 5) is 2.59. The van der Waals surface area contributed by atoms with E-state index in [1.807, 2.05) is 0 Å². The van der Waals surface area contributed by atoms with Crippen LogP contribution in [0.15, 0.2) is 24.3 Å². The van der Waals surface area contributed by atoms with Crippen molar-refractivity contribution < 1.29 is 0 Å². The average Bonchev–Trinajstić information content (AvgIpc) is 3.23. The van der Waals surface area contributed by atoms with E-state index < -0.39 is 0 Å². The second-order valence-corrected chi connectivity index (χ2v) is 5.35. The predicted octanol–water partition coefficient (Wildman–Crippen LogP) is 3.87. The Morgan fingerprint density at radius 2 is 2.00 bits per heavy atom. The number of para-hydroxylation sites is 1. The summed E-state index contributed by atoms with van der Waals surface area (Å²) in [7, 11) is 0. The highest BCUT2D eigenvalue weighted by molar-refractivity contribution is 5.56. The van der Waals surface area contributed by atoms with Crippen molar-refractivity contribution in [2.24, 2.45) is 5.73 Å². The van der Waals surface area contributed by atoms with Gasteiger partial charge in [0.15, 0.2) is 0 Å². The first kappa shape index (κ1) is 13.4. The van der Waals surface area contributed by atoms with Crippen molar-refractivity contribution in [3.63, 3.8) is 0 Å². The fraction of sp³-hybridized carbons (Fsp3) is 0.625. The molecule has 0 saturated heterocycles. The zero-order valence-electron chi connectivity index (χ0n) is 11.7. The third-order valence-corrected chi connectivity index (χ3v) is 3.83. The van der Waals surface area contributed by atoms with Crippen LogP contribution in [0.2, 0.25) is 0 Å². The van der Waals surface area contributed by atoms with Crippen molar-refractivity contribution in [1.82, 2.24) is 0 Å². The zero-order chi connectivity index (χ0) is 13.0. The summed E-state index contributed by atoms with van der Waals surface area (Å²) in [5.41, 5.74) is 8.96. The number of benzene rings is 1. The molecule has 2 nitrogen and oxygen atoms in total. The van der Waals surface area contributed by atoms with E-state index in [2.05, 4.69) is 43.0 Å². The van der Waals surface area contributed by atoms with Crippen molar-refractivity contribution in [3.8, 4) is 0 Å². The molecule has 0 radical (unpaired) electrons. The number of nitrogens with two attached hydrogens (primary N) is 1. The molecule has 1 aromatic carbocycles. The lowest BCUT2D eigenvalue weighted by molar-refractivity contribution is 0.673. The van der Waals surface area contributed by atoms with Gasteiger partial charge < -0.3 is 10.6 Å². The summed E-state index contributed by atoms with van der Waals surface area (Å²) in [6.45, 7) is 5.60. The molecule has 2 rings (SSSR count). The molecular weight excluding hydrogens is 220 g/mol. The molecule has 0 heterocycles. The Balaban J connectivity index is 2.22. The maximum absolute atomic E-state index is 6.26. The summed E-state index contributed by atoms with van der Waals surface area (Å²) < 4.78 is 0. The first-order chi connectivity index (χ1) is 8.77. The minimum absolute atomic E-state index is 0.170. The second kappa shape index (κ2) is 6.24. The molecule has 0 spiro atoms. The van der Waals surface area contributed by atoms with Crippen molar-refractivity contribution >= 4 is 5.69 Å². The molecule has 2 heteroatoms. The van der Waals surface area contributed by atoms with Gasteiger partial charge in [0.1, 0.15) is 0 Å². The van der Waals surface area contributed by atoms with E-state index in [-0.39, 0.29) is 6.04 Å². The van der Waals surface area contributed by atoms with Crippen LogP contribution >= 0.6 is 0 Å². The minimum atomic E-state index is 0.170. The predicted molar refractivity (Wildman–Crippen MR) is 78.9 cm³/mol. The van der Waals surface area contributed by atoms with Crippen LogP contribution in [0.4, 0.5) is 5.69 Å². The zero-order valence-corrected chi connectivity index (χ0v) is 11.7. The van der Waals surface area contributed by atoms with Crippen LogP contribution in [0, 0.1) is 0 Å². The van der Waals surface area contributed by atoms with Crippen LogP contribution in [0.25, 0.3) is 0 Å². The van der Waals surface area contributed by atoms with Crippen LogP contribution in [-0.2, 0) is 0 Å². The molecule has 1 atom stereocenters. The van der Waals surface area contributed by atoms with Crippen molar-refractivity contribution in [2.45, 2.75) is 58.0 Å². The number of anilines is 1. The highest BCUT2D eigenvalue weighted by Gasteiger charge is 2.30. The van der Waals surface area contributed by atoms with Gasteiger partial charge in [0, 0.05) is 24.3 Å². The topological polar surface area (TPSA) is 29.3 Å². The van der Waals surface area contributed by atoms with Crippen LogP contribution in [-0.4, -0.2) is 12.6 Å². The molecule has 0 bridgehead atoms. The van der Waals surface area contributed by atoms with Gasteiger partial charge in [-0.25, -0.2) is 0 Å². The first-order valence-electron chi connectivity index (χ1n) is 7.39. The quantitative estimate of drug-likeness (QED) is 0.791. The van der Waals surface area contributed by atoms with E-state index in [1.165, 1.54) is 43.5 Å². The molecular formula is C16H26N2. The minimum Gasteiger partial charge on any atom is -0.368 e. The van der Waals surface area contributed by atoms with Gasteiger partial charge >= 0.3 is 0 Å². The molecule has 1 unspecified atom stereocenters. The fourth-order valence-corrected chi connectivity index (χ4v) is 2.50. The van der Waals surface area contributed by atoms with Gasteiger partial charge in [-0.2, -0.15) is 0 Å². The van der Waals surface area contributed by atoms with E-state index in [1.54, 1.807) is 0 Å². The Kier molecular flexibility index (Phi) is 4.65. The van der Waals surface area contributed by atoms with Gasteiger partial charge in [-0.3, -0.25) is 0 Å². The molecule has 0 amide bonds. The van der Waals surface area contributed by atoms with Crippen molar-refractivity contribution in [1.29, 1.82) is 0 Å². The Hall–Kier alpha value is -1.02. The maximum atomic E-state index is 6.26. The van der Waals surface area contributed by atoms with Gasteiger partial charge in [-0.05, 0) is 37.3 Å². The van der Waals surface area contributed by atoms with Crippen LogP contribution in [0.5, 0.6) is 0 Å². The van der Waals surface area contributed by atoms with E-state index in [9.17, 15) is 0 Å². The summed E-state index contributed by atoms with van der Waals surface area (Å²) in [5, 5.41) is 0. The van der Waals surface area contributed by atoms with E-state index in [4.69, 9.17) is 5.73 Å². The van der Waals surface area contributed by atoms with Crippen molar-refractivity contribution in [3.05, 3.63) is 29.8 Å². The van der Waals surface area contributed by atoms with Gasteiger partial charge in [-0.1, -0.05) is 38.5 Å². The molecule has 1 aliphatic rings. The van der Waals surface area contributed by atoms with Gasteiger partial charge in [0.05, 0.1) is 0 Å². The second-order valence-electron chi connectivity index (χ2n) is 5.35. The van der Waals surface area contributed by atoms with E-state index in [0.717, 1.165) is 12.5 Å². The third kappa shape index (κ3) is 3.05. The lowest BCUT2D eigenvalue weighted by Gasteiger charge is -2.28. The fourth-order valence-electron chi connectivity index (χ4n) is 2.50. The summed E-state index contributed by atoms with van der Waals surface area (Å²) >= 11 is 0. The molecule has 2 N–H and O–H groups in total. The Bertz CT molecular complexity index is 371. The first-order valence-corrected chi connectivity index (χ1v) is 7.39. The molecule has 1 aromatic rings. The summed E-state index contributed by atoms with van der Waals surface area (Å²) in [6, 6.07) is 9.64. The maximum Gasteiger partial charge on any atom is 0.0417 e. The Morgan fingerprint density at radius 3 is 2.61 bits per heavy atom. The Morgan fingerprint density at radius 1 is 1.28 bits per heavy atom. The average molecular weight is 246 g/mol. The van der Waals surface area contributed by atoms with Crippen LogP contribution in [0.1, 0.15) is 57.6 Å². The number of hydrogen-bond acceptors (Lipinski definition) is 2. The summed E-state index contributed by atoms with van der Waals surface area (Å²) in [6.07, 6.45) is 6.22. The summed E-state index contributed by atoms with van der Waals surface area (Å²) in [5.74, 6) is 0. The van der Waals surface area contributed by atoms with Gasteiger partial charge in [-0.15, -0.1) is 0 Å². The third-order valence-electron chi connectivity index (χ3n) is 3.83.